The molecule has 0 aromatic heterocycles. The van der Waals surface area contributed by atoms with Crippen LogP contribution in [0.5, 0.6) is 0 Å². The number of carbonyl (C=O) groups is 1. The lowest BCUT2D eigenvalue weighted by atomic mass is 10.1. The van der Waals surface area contributed by atoms with Gasteiger partial charge in [-0.2, -0.15) is 0 Å². The Bertz CT molecular complexity index is 609. The van der Waals surface area contributed by atoms with Crippen LogP contribution in [0.2, 0.25) is 0 Å². The standard InChI is InChI=1S/C28H50N2O4/c1-6-24-30(25(5)26-20-16-15-17-21-26)27(31)29-23-19-14-12-10-11-13-18-22-28(32-7-2,33-8-3)34-9-4/h15-17,20-21,25H,6-14,18-19,22-24H2,1-5H3,(H,29,31)/t25-/m1/s1. The predicted octanol–water partition coefficient (Wildman–Crippen LogP) is 7.05. The number of rotatable bonds is 20. The van der Waals surface area contributed by atoms with Gasteiger partial charge in [0.15, 0.2) is 0 Å². The highest BCUT2D eigenvalue weighted by atomic mass is 16.9. The second-order valence-corrected chi connectivity index (χ2v) is 8.72. The van der Waals surface area contributed by atoms with E-state index in [1.165, 1.54) is 24.8 Å². The number of ether oxygens (including phenoxy) is 3. The monoisotopic (exact) mass is 478 g/mol. The summed E-state index contributed by atoms with van der Waals surface area (Å²) in [6, 6.07) is 10.4. The van der Waals surface area contributed by atoms with Crippen molar-refractivity contribution < 1.29 is 19.0 Å². The second kappa shape index (κ2) is 18.7. The fourth-order valence-corrected chi connectivity index (χ4v) is 4.27. The summed E-state index contributed by atoms with van der Waals surface area (Å²) in [6.07, 6.45) is 9.67. The maximum atomic E-state index is 12.8. The van der Waals surface area contributed by atoms with Gasteiger partial charge in [0.25, 0.3) is 5.97 Å². The van der Waals surface area contributed by atoms with Gasteiger partial charge in [0.05, 0.1) is 6.04 Å². The van der Waals surface area contributed by atoms with E-state index in [0.29, 0.717) is 19.8 Å². The molecule has 0 radical (unpaired) electrons. The van der Waals surface area contributed by atoms with Crippen molar-refractivity contribution in [3.8, 4) is 0 Å². The van der Waals surface area contributed by atoms with Crippen LogP contribution in [0.1, 0.15) is 104 Å². The lowest BCUT2D eigenvalue weighted by Gasteiger charge is -2.32. The molecule has 6 nitrogen and oxygen atoms in total. The number of amides is 2. The molecule has 2 amide bonds. The molecule has 1 N–H and O–H groups in total. The van der Waals surface area contributed by atoms with E-state index < -0.39 is 5.97 Å². The van der Waals surface area contributed by atoms with Gasteiger partial charge in [-0.05, 0) is 52.5 Å². The fourth-order valence-electron chi connectivity index (χ4n) is 4.27. The molecule has 1 aromatic carbocycles. The Morgan fingerprint density at radius 3 is 1.91 bits per heavy atom. The van der Waals surface area contributed by atoms with Crippen molar-refractivity contribution in [1.29, 1.82) is 0 Å². The summed E-state index contributed by atoms with van der Waals surface area (Å²) in [7, 11) is 0. The lowest BCUT2D eigenvalue weighted by molar-refractivity contribution is -0.380. The minimum Gasteiger partial charge on any atom is -0.338 e. The molecule has 0 aliphatic heterocycles. The molecular formula is C28H50N2O4. The van der Waals surface area contributed by atoms with E-state index in [4.69, 9.17) is 14.2 Å². The molecule has 0 aliphatic carbocycles. The first kappa shape index (κ1) is 30.4. The number of nitrogens with one attached hydrogen (secondary N) is 1. The van der Waals surface area contributed by atoms with Crippen molar-refractivity contribution >= 4 is 6.03 Å². The van der Waals surface area contributed by atoms with E-state index in [1.807, 2.05) is 43.9 Å². The molecule has 6 heteroatoms. The number of urea groups is 1. The van der Waals surface area contributed by atoms with Gasteiger partial charge in [-0.3, -0.25) is 0 Å². The number of hydrogen-bond acceptors (Lipinski definition) is 4. The molecule has 1 aromatic rings. The van der Waals surface area contributed by atoms with Crippen LogP contribution in [0.3, 0.4) is 0 Å². The molecule has 34 heavy (non-hydrogen) atoms. The SMILES string of the molecule is CCCN(C(=O)NCCCCCCCCCC(OCC)(OCC)OCC)[C@H](C)c1ccccc1. The molecular weight excluding hydrogens is 428 g/mol. The number of hydrogen-bond donors (Lipinski definition) is 1. The van der Waals surface area contributed by atoms with Crippen molar-refractivity contribution in [2.24, 2.45) is 0 Å². The van der Waals surface area contributed by atoms with Gasteiger partial charge in [-0.15, -0.1) is 0 Å². The molecule has 0 spiro atoms. The Hall–Kier alpha value is -1.63. The molecule has 0 aliphatic rings. The topological polar surface area (TPSA) is 60.0 Å². The largest absolute Gasteiger partial charge is 0.338 e. The van der Waals surface area contributed by atoms with E-state index in [9.17, 15) is 4.79 Å². The number of unbranched alkanes of at least 4 members (excludes halogenated alkanes) is 6. The summed E-state index contributed by atoms with van der Waals surface area (Å²) >= 11 is 0. The van der Waals surface area contributed by atoms with Crippen molar-refractivity contribution in [3.63, 3.8) is 0 Å². The van der Waals surface area contributed by atoms with Crippen molar-refractivity contribution in [2.75, 3.05) is 32.9 Å². The Morgan fingerprint density at radius 1 is 0.853 bits per heavy atom. The van der Waals surface area contributed by atoms with Crippen LogP contribution in [0.4, 0.5) is 4.79 Å². The van der Waals surface area contributed by atoms with Gasteiger partial charge in [0.2, 0.25) is 0 Å². The van der Waals surface area contributed by atoms with Crippen molar-refractivity contribution in [2.45, 2.75) is 104 Å². The van der Waals surface area contributed by atoms with E-state index in [0.717, 1.165) is 51.6 Å². The maximum Gasteiger partial charge on any atom is 0.317 e. The Balaban J connectivity index is 2.21. The summed E-state index contributed by atoms with van der Waals surface area (Å²) in [4.78, 5) is 14.7. The first-order valence-electron chi connectivity index (χ1n) is 13.5. The predicted molar refractivity (Wildman–Crippen MR) is 140 cm³/mol. The zero-order chi connectivity index (χ0) is 25.1. The van der Waals surface area contributed by atoms with Gasteiger partial charge in [-0.1, -0.05) is 69.4 Å². The van der Waals surface area contributed by atoms with Crippen LogP contribution in [0, 0.1) is 0 Å². The van der Waals surface area contributed by atoms with Crippen LogP contribution in [-0.4, -0.2) is 49.8 Å². The lowest BCUT2D eigenvalue weighted by Crippen LogP contribution is -2.42. The summed E-state index contributed by atoms with van der Waals surface area (Å²) in [6.45, 7) is 13.4. The molecule has 0 heterocycles. The highest BCUT2D eigenvalue weighted by molar-refractivity contribution is 5.74. The van der Waals surface area contributed by atoms with Gasteiger partial charge < -0.3 is 24.4 Å². The summed E-state index contributed by atoms with van der Waals surface area (Å²) < 4.78 is 17.4. The third-order valence-corrected chi connectivity index (χ3v) is 6.00. The molecule has 0 saturated heterocycles. The van der Waals surface area contributed by atoms with E-state index in [2.05, 4.69) is 31.3 Å². The number of benzene rings is 1. The molecule has 196 valence electrons. The second-order valence-electron chi connectivity index (χ2n) is 8.72. The van der Waals surface area contributed by atoms with Crippen molar-refractivity contribution in [1.82, 2.24) is 10.2 Å². The van der Waals surface area contributed by atoms with Crippen LogP contribution in [-0.2, 0) is 14.2 Å². The number of nitrogens with zero attached hydrogens (tertiary/aromatic N) is 1. The summed E-state index contributed by atoms with van der Waals surface area (Å²) in [5.74, 6) is -0.875. The maximum absolute atomic E-state index is 12.8. The van der Waals surface area contributed by atoms with Crippen LogP contribution >= 0.6 is 0 Å². The molecule has 0 bridgehead atoms. The minimum atomic E-state index is -0.875. The fraction of sp³-hybridized carbons (Fsp3) is 0.750. The third kappa shape index (κ3) is 11.7. The van der Waals surface area contributed by atoms with E-state index in [-0.39, 0.29) is 12.1 Å². The quantitative estimate of drug-likeness (QED) is 0.161. The first-order chi connectivity index (χ1) is 16.5. The number of carbonyl (C=O) groups excluding carboxylic acids is 1. The summed E-state index contributed by atoms with van der Waals surface area (Å²) in [5.41, 5.74) is 1.17. The summed E-state index contributed by atoms with van der Waals surface area (Å²) in [5, 5.41) is 3.13. The van der Waals surface area contributed by atoms with Crippen LogP contribution < -0.4 is 5.32 Å². The van der Waals surface area contributed by atoms with Crippen molar-refractivity contribution in [3.05, 3.63) is 35.9 Å². The zero-order valence-electron chi connectivity index (χ0n) is 22.4. The minimum absolute atomic E-state index is 0.0413. The zero-order valence-corrected chi connectivity index (χ0v) is 22.4. The van der Waals surface area contributed by atoms with E-state index >= 15 is 0 Å². The van der Waals surface area contributed by atoms with Gasteiger partial charge in [0.1, 0.15) is 0 Å². The smallest absolute Gasteiger partial charge is 0.317 e. The van der Waals surface area contributed by atoms with Gasteiger partial charge >= 0.3 is 6.03 Å². The van der Waals surface area contributed by atoms with Crippen LogP contribution in [0.15, 0.2) is 30.3 Å². The molecule has 0 unspecified atom stereocenters. The van der Waals surface area contributed by atoms with Crippen LogP contribution in [0.25, 0.3) is 0 Å². The molecule has 1 rings (SSSR count). The Kier molecular flexibility index (Phi) is 16.7. The third-order valence-electron chi connectivity index (χ3n) is 6.00. The Morgan fingerprint density at radius 2 is 1.38 bits per heavy atom. The first-order valence-corrected chi connectivity index (χ1v) is 13.5. The molecule has 0 fully saturated rings. The Labute approximate surface area is 208 Å². The van der Waals surface area contributed by atoms with Gasteiger partial charge in [-0.25, -0.2) is 4.79 Å². The highest BCUT2D eigenvalue weighted by Gasteiger charge is 2.31. The molecule has 1 atom stereocenters. The highest BCUT2D eigenvalue weighted by Crippen LogP contribution is 2.24. The van der Waals surface area contributed by atoms with E-state index in [1.54, 1.807) is 0 Å². The molecule has 0 saturated carbocycles. The average Bonchev–Trinajstić information content (AvgIpc) is 2.84. The van der Waals surface area contributed by atoms with Gasteiger partial charge in [0, 0.05) is 39.3 Å². The average molecular weight is 479 g/mol. The normalized spacial score (nSPS) is 12.5.